The quantitative estimate of drug-likeness (QED) is 0.700. The van der Waals surface area contributed by atoms with Crippen LogP contribution in [0.3, 0.4) is 0 Å². The Morgan fingerprint density at radius 1 is 1.20 bits per heavy atom. The second kappa shape index (κ2) is 7.80. The van der Waals surface area contributed by atoms with Gasteiger partial charge in [0, 0.05) is 10.7 Å². The number of benzene rings is 1. The second-order valence-corrected chi connectivity index (χ2v) is 6.87. The van der Waals surface area contributed by atoms with Crippen LogP contribution in [0.5, 0.6) is 0 Å². The fourth-order valence-electron chi connectivity index (χ4n) is 2.74. The first-order chi connectivity index (χ1) is 9.72. The Morgan fingerprint density at radius 3 is 2.75 bits per heavy atom. The van der Waals surface area contributed by atoms with E-state index in [1.165, 1.54) is 41.3 Å². The highest BCUT2D eigenvalue weighted by molar-refractivity contribution is 7.17. The first-order valence-corrected chi connectivity index (χ1v) is 8.78. The van der Waals surface area contributed by atoms with Crippen molar-refractivity contribution in [3.8, 4) is 0 Å². The van der Waals surface area contributed by atoms with Crippen LogP contribution in [0.2, 0.25) is 0 Å². The molecule has 1 unspecified atom stereocenters. The third-order valence-electron chi connectivity index (χ3n) is 3.98. The highest BCUT2D eigenvalue weighted by Crippen LogP contribution is 2.27. The van der Waals surface area contributed by atoms with Crippen molar-refractivity contribution >= 4 is 21.4 Å². The maximum atomic E-state index is 3.69. The topological polar surface area (TPSA) is 12.0 Å². The minimum absolute atomic E-state index is 0.667. The summed E-state index contributed by atoms with van der Waals surface area (Å²) in [6.45, 7) is 8.03. The van der Waals surface area contributed by atoms with Gasteiger partial charge in [-0.05, 0) is 60.5 Å². The molecule has 0 saturated heterocycles. The molecule has 0 radical (unpaired) electrons. The Hall–Kier alpha value is -0.860. The maximum Gasteiger partial charge on any atom is 0.0345 e. The zero-order valence-corrected chi connectivity index (χ0v) is 13.8. The fourth-order valence-corrected chi connectivity index (χ4v) is 3.74. The van der Waals surface area contributed by atoms with Crippen LogP contribution in [0.25, 0.3) is 10.1 Å². The Morgan fingerprint density at radius 2 is 2.00 bits per heavy atom. The third kappa shape index (κ3) is 4.07. The Labute approximate surface area is 127 Å². The van der Waals surface area contributed by atoms with Gasteiger partial charge in [0.05, 0.1) is 0 Å². The maximum absolute atomic E-state index is 3.69. The van der Waals surface area contributed by atoms with E-state index in [-0.39, 0.29) is 0 Å². The lowest BCUT2D eigenvalue weighted by Gasteiger charge is -2.22. The predicted molar refractivity (Wildman–Crippen MR) is 91.7 cm³/mol. The van der Waals surface area contributed by atoms with Crippen LogP contribution >= 0.6 is 11.3 Å². The van der Waals surface area contributed by atoms with Crippen molar-refractivity contribution in [1.82, 2.24) is 5.32 Å². The molecule has 0 aliphatic heterocycles. The van der Waals surface area contributed by atoms with E-state index in [1.54, 1.807) is 0 Å². The Balaban J connectivity index is 1.88. The molecular formula is C18H27NS. The molecule has 20 heavy (non-hydrogen) atoms. The highest BCUT2D eigenvalue weighted by atomic mass is 32.1. The number of nitrogens with one attached hydrogen (secondary N) is 1. The van der Waals surface area contributed by atoms with Crippen molar-refractivity contribution < 1.29 is 0 Å². The SMILES string of the molecule is CCCNC(CCCc1csc2ccccc12)C(C)C. The normalized spacial score (nSPS) is 13.2. The van der Waals surface area contributed by atoms with Crippen LogP contribution in [0.15, 0.2) is 29.6 Å². The molecule has 0 saturated carbocycles. The average Bonchev–Trinajstić information content (AvgIpc) is 2.85. The fraction of sp³-hybridized carbons (Fsp3) is 0.556. The van der Waals surface area contributed by atoms with Crippen LogP contribution in [0.4, 0.5) is 0 Å². The second-order valence-electron chi connectivity index (χ2n) is 5.95. The molecule has 0 fully saturated rings. The third-order valence-corrected chi connectivity index (χ3v) is 5.00. The molecule has 0 bridgehead atoms. The summed E-state index contributed by atoms with van der Waals surface area (Å²) in [5, 5.41) is 7.49. The lowest BCUT2D eigenvalue weighted by Crippen LogP contribution is -2.34. The van der Waals surface area contributed by atoms with Gasteiger partial charge in [-0.15, -0.1) is 11.3 Å². The zero-order valence-electron chi connectivity index (χ0n) is 13.0. The molecule has 2 aromatic rings. The molecule has 1 aromatic heterocycles. The summed E-state index contributed by atoms with van der Waals surface area (Å²) < 4.78 is 1.42. The number of hydrogen-bond donors (Lipinski definition) is 1. The van der Waals surface area contributed by atoms with Crippen LogP contribution in [-0.2, 0) is 6.42 Å². The number of hydrogen-bond acceptors (Lipinski definition) is 2. The molecule has 1 N–H and O–H groups in total. The van der Waals surface area contributed by atoms with E-state index in [0.717, 1.165) is 12.5 Å². The van der Waals surface area contributed by atoms with E-state index in [4.69, 9.17) is 0 Å². The van der Waals surface area contributed by atoms with Crippen molar-refractivity contribution in [2.45, 2.75) is 52.5 Å². The van der Waals surface area contributed by atoms with Gasteiger partial charge in [-0.1, -0.05) is 39.0 Å². The first-order valence-electron chi connectivity index (χ1n) is 7.91. The van der Waals surface area contributed by atoms with Gasteiger partial charge in [0.25, 0.3) is 0 Å². The smallest absolute Gasteiger partial charge is 0.0345 e. The number of aryl methyl sites for hydroxylation is 1. The van der Waals surface area contributed by atoms with Crippen molar-refractivity contribution in [1.29, 1.82) is 0 Å². The molecule has 0 aliphatic rings. The van der Waals surface area contributed by atoms with Crippen molar-refractivity contribution in [3.63, 3.8) is 0 Å². The number of thiophene rings is 1. The molecule has 0 spiro atoms. The minimum Gasteiger partial charge on any atom is -0.314 e. The summed E-state index contributed by atoms with van der Waals surface area (Å²) in [6, 6.07) is 9.43. The summed E-state index contributed by atoms with van der Waals surface area (Å²) in [7, 11) is 0. The van der Waals surface area contributed by atoms with Crippen molar-refractivity contribution in [2.24, 2.45) is 5.92 Å². The van der Waals surface area contributed by atoms with E-state index in [0.29, 0.717) is 6.04 Å². The molecule has 0 amide bonds. The Bertz CT molecular complexity index is 515. The average molecular weight is 289 g/mol. The lowest BCUT2D eigenvalue weighted by molar-refractivity contribution is 0.370. The van der Waals surface area contributed by atoms with E-state index >= 15 is 0 Å². The number of fused-ring (bicyclic) bond motifs is 1. The first kappa shape index (κ1) is 15.5. The molecule has 0 aliphatic carbocycles. The van der Waals surface area contributed by atoms with Crippen LogP contribution in [-0.4, -0.2) is 12.6 Å². The molecule has 1 aromatic carbocycles. The van der Waals surface area contributed by atoms with Crippen LogP contribution in [0.1, 0.15) is 45.6 Å². The molecular weight excluding hydrogens is 262 g/mol. The van der Waals surface area contributed by atoms with Crippen LogP contribution < -0.4 is 5.32 Å². The summed E-state index contributed by atoms with van der Waals surface area (Å²) in [5.74, 6) is 0.723. The highest BCUT2D eigenvalue weighted by Gasteiger charge is 2.12. The van der Waals surface area contributed by atoms with E-state index in [2.05, 4.69) is 55.7 Å². The largest absolute Gasteiger partial charge is 0.314 e. The molecule has 110 valence electrons. The molecule has 2 heteroatoms. The van der Waals surface area contributed by atoms with E-state index in [9.17, 15) is 0 Å². The van der Waals surface area contributed by atoms with E-state index < -0.39 is 0 Å². The van der Waals surface area contributed by atoms with Gasteiger partial charge < -0.3 is 5.32 Å². The standard InChI is InChI=1S/C18H27NS/c1-4-12-19-17(14(2)3)10-7-8-15-13-20-18-11-6-5-9-16(15)18/h5-6,9,11,13-14,17,19H,4,7-8,10,12H2,1-3H3. The molecule has 1 nitrogen and oxygen atoms in total. The molecule has 2 rings (SSSR count). The summed E-state index contributed by atoms with van der Waals surface area (Å²) >= 11 is 1.88. The van der Waals surface area contributed by atoms with Gasteiger partial charge in [0.15, 0.2) is 0 Å². The molecule has 1 atom stereocenters. The predicted octanol–water partition coefficient (Wildman–Crippen LogP) is 5.25. The van der Waals surface area contributed by atoms with Gasteiger partial charge in [-0.25, -0.2) is 0 Å². The van der Waals surface area contributed by atoms with Gasteiger partial charge in [0.1, 0.15) is 0 Å². The summed E-state index contributed by atoms with van der Waals surface area (Å²) in [4.78, 5) is 0. The zero-order chi connectivity index (χ0) is 14.4. The lowest BCUT2D eigenvalue weighted by atomic mass is 9.96. The van der Waals surface area contributed by atoms with Crippen LogP contribution in [0, 0.1) is 5.92 Å². The Kier molecular flexibility index (Phi) is 6.06. The van der Waals surface area contributed by atoms with Gasteiger partial charge >= 0.3 is 0 Å². The van der Waals surface area contributed by atoms with Crippen molar-refractivity contribution in [2.75, 3.05) is 6.54 Å². The summed E-state index contributed by atoms with van der Waals surface area (Å²) in [6.07, 6.45) is 4.99. The van der Waals surface area contributed by atoms with Crippen molar-refractivity contribution in [3.05, 3.63) is 35.2 Å². The minimum atomic E-state index is 0.667. The van der Waals surface area contributed by atoms with Gasteiger partial charge in [-0.2, -0.15) is 0 Å². The number of rotatable bonds is 8. The van der Waals surface area contributed by atoms with Gasteiger partial charge in [-0.3, -0.25) is 0 Å². The molecule has 1 heterocycles. The monoisotopic (exact) mass is 289 g/mol. The van der Waals surface area contributed by atoms with Gasteiger partial charge in [0.2, 0.25) is 0 Å². The van der Waals surface area contributed by atoms with E-state index in [1.807, 2.05) is 11.3 Å². The summed E-state index contributed by atoms with van der Waals surface area (Å²) in [5.41, 5.74) is 1.53.